The molecule has 0 spiro atoms. The van der Waals surface area contributed by atoms with Gasteiger partial charge in [0, 0.05) is 35.2 Å². The number of hydrogen-bond donors (Lipinski definition) is 1. The molecule has 92 valence electrons. The van der Waals surface area contributed by atoms with E-state index < -0.39 is 0 Å². The highest BCUT2D eigenvalue weighted by Crippen LogP contribution is 2.23. The first-order valence-corrected chi connectivity index (χ1v) is 6.72. The predicted molar refractivity (Wildman–Crippen MR) is 72.5 cm³/mol. The molecule has 1 saturated heterocycles. The maximum absolute atomic E-state index is 12.3. The van der Waals surface area contributed by atoms with E-state index >= 15 is 0 Å². The maximum Gasteiger partial charge on any atom is 0.255 e. The average Bonchev–Trinajstić information content (AvgIpc) is 2.31. The molecule has 1 N–H and O–H groups in total. The van der Waals surface area contributed by atoms with Gasteiger partial charge in [-0.25, -0.2) is 0 Å². The summed E-state index contributed by atoms with van der Waals surface area (Å²) in [6.45, 7) is 4.39. The van der Waals surface area contributed by atoms with E-state index in [2.05, 4.69) is 28.2 Å². The standard InChI is InChI=1S/C12H14BrClN2O/c1-8-7-16(5-4-15-8)12(17)10-6-9(14)2-3-11(10)13/h2-3,6,8,15H,4-5,7H2,1H3. The lowest BCUT2D eigenvalue weighted by atomic mass is 10.1. The largest absolute Gasteiger partial charge is 0.336 e. The second-order valence-electron chi connectivity index (χ2n) is 4.23. The highest BCUT2D eigenvalue weighted by molar-refractivity contribution is 9.10. The van der Waals surface area contributed by atoms with Crippen LogP contribution in [0, 0.1) is 0 Å². The summed E-state index contributed by atoms with van der Waals surface area (Å²) >= 11 is 9.32. The van der Waals surface area contributed by atoms with Crippen LogP contribution >= 0.6 is 27.5 Å². The van der Waals surface area contributed by atoms with Crippen molar-refractivity contribution in [3.8, 4) is 0 Å². The number of amides is 1. The first-order chi connectivity index (χ1) is 8.08. The third-order valence-electron chi connectivity index (χ3n) is 2.81. The van der Waals surface area contributed by atoms with E-state index in [-0.39, 0.29) is 5.91 Å². The molecule has 0 bridgehead atoms. The Bertz CT molecular complexity index is 439. The number of piperazine rings is 1. The van der Waals surface area contributed by atoms with Crippen molar-refractivity contribution in [2.45, 2.75) is 13.0 Å². The van der Waals surface area contributed by atoms with Crippen LogP contribution in [-0.4, -0.2) is 36.5 Å². The van der Waals surface area contributed by atoms with Crippen LogP contribution in [-0.2, 0) is 0 Å². The molecule has 1 fully saturated rings. The van der Waals surface area contributed by atoms with Crippen molar-refractivity contribution < 1.29 is 4.79 Å². The minimum absolute atomic E-state index is 0.0349. The Kier molecular flexibility index (Phi) is 4.07. The van der Waals surface area contributed by atoms with Gasteiger partial charge in [0.25, 0.3) is 5.91 Å². The lowest BCUT2D eigenvalue weighted by molar-refractivity contribution is 0.0708. The van der Waals surface area contributed by atoms with Crippen LogP contribution in [0.25, 0.3) is 0 Å². The van der Waals surface area contributed by atoms with Gasteiger partial charge in [0.1, 0.15) is 0 Å². The van der Waals surface area contributed by atoms with Crippen LogP contribution in [0.15, 0.2) is 22.7 Å². The summed E-state index contributed by atoms with van der Waals surface area (Å²) < 4.78 is 0.790. The fraction of sp³-hybridized carbons (Fsp3) is 0.417. The van der Waals surface area contributed by atoms with Gasteiger partial charge in [0.05, 0.1) is 5.56 Å². The lowest BCUT2D eigenvalue weighted by Gasteiger charge is -2.32. The maximum atomic E-state index is 12.3. The fourth-order valence-corrected chi connectivity index (χ4v) is 2.54. The molecule has 5 heteroatoms. The molecule has 0 aliphatic carbocycles. The molecule has 2 rings (SSSR count). The zero-order valence-corrected chi connectivity index (χ0v) is 11.9. The second kappa shape index (κ2) is 5.38. The van der Waals surface area contributed by atoms with Gasteiger partial charge < -0.3 is 10.2 Å². The van der Waals surface area contributed by atoms with Gasteiger partial charge in [-0.05, 0) is 41.1 Å². The topological polar surface area (TPSA) is 32.3 Å². The number of halogens is 2. The van der Waals surface area contributed by atoms with E-state index in [1.54, 1.807) is 18.2 Å². The Balaban J connectivity index is 2.21. The molecule has 3 nitrogen and oxygen atoms in total. The molecule has 0 saturated carbocycles. The van der Waals surface area contributed by atoms with Crippen molar-refractivity contribution in [3.63, 3.8) is 0 Å². The summed E-state index contributed by atoms with van der Waals surface area (Å²) in [5.74, 6) is 0.0349. The molecule has 1 amide bonds. The first-order valence-electron chi connectivity index (χ1n) is 5.55. The number of nitrogens with zero attached hydrogens (tertiary/aromatic N) is 1. The van der Waals surface area contributed by atoms with E-state index in [1.807, 2.05) is 4.90 Å². The van der Waals surface area contributed by atoms with E-state index in [4.69, 9.17) is 11.6 Å². The monoisotopic (exact) mass is 316 g/mol. The molecular weight excluding hydrogens is 304 g/mol. The summed E-state index contributed by atoms with van der Waals surface area (Å²) in [4.78, 5) is 14.2. The van der Waals surface area contributed by atoms with E-state index in [1.165, 1.54) is 0 Å². The molecule has 1 aromatic carbocycles. The van der Waals surface area contributed by atoms with Gasteiger partial charge in [-0.2, -0.15) is 0 Å². The Morgan fingerprint density at radius 2 is 2.35 bits per heavy atom. The number of rotatable bonds is 1. The second-order valence-corrected chi connectivity index (χ2v) is 5.52. The van der Waals surface area contributed by atoms with Crippen molar-refractivity contribution in [2.24, 2.45) is 0 Å². The molecule has 0 radical (unpaired) electrons. The minimum atomic E-state index is 0.0349. The Labute approximate surface area is 114 Å². The van der Waals surface area contributed by atoms with Crippen LogP contribution in [0.1, 0.15) is 17.3 Å². The number of nitrogens with one attached hydrogen (secondary N) is 1. The SMILES string of the molecule is CC1CN(C(=O)c2cc(Cl)ccc2Br)CCN1. The highest BCUT2D eigenvalue weighted by Gasteiger charge is 2.23. The van der Waals surface area contributed by atoms with Crippen LogP contribution in [0.2, 0.25) is 5.02 Å². The number of hydrogen-bond acceptors (Lipinski definition) is 2. The van der Waals surface area contributed by atoms with Crippen molar-refractivity contribution in [1.29, 1.82) is 0 Å². The normalized spacial score (nSPS) is 20.4. The van der Waals surface area contributed by atoms with Gasteiger partial charge in [-0.15, -0.1) is 0 Å². The fourth-order valence-electron chi connectivity index (χ4n) is 1.95. The van der Waals surface area contributed by atoms with Crippen LogP contribution in [0.5, 0.6) is 0 Å². The van der Waals surface area contributed by atoms with Crippen molar-refractivity contribution >= 4 is 33.4 Å². The zero-order valence-electron chi connectivity index (χ0n) is 9.54. The van der Waals surface area contributed by atoms with Gasteiger partial charge >= 0.3 is 0 Å². The number of carbonyl (C=O) groups excluding carboxylic acids is 1. The molecule has 1 heterocycles. The van der Waals surface area contributed by atoms with Crippen molar-refractivity contribution in [2.75, 3.05) is 19.6 Å². The van der Waals surface area contributed by atoms with Gasteiger partial charge in [-0.1, -0.05) is 11.6 Å². The van der Waals surface area contributed by atoms with Crippen LogP contribution in [0.3, 0.4) is 0 Å². The summed E-state index contributed by atoms with van der Waals surface area (Å²) in [6, 6.07) is 5.62. The lowest BCUT2D eigenvalue weighted by Crippen LogP contribution is -2.51. The summed E-state index contributed by atoms with van der Waals surface area (Å²) in [6.07, 6.45) is 0. The van der Waals surface area contributed by atoms with Crippen molar-refractivity contribution in [1.82, 2.24) is 10.2 Å². The van der Waals surface area contributed by atoms with Crippen molar-refractivity contribution in [3.05, 3.63) is 33.3 Å². The smallest absolute Gasteiger partial charge is 0.255 e. The molecule has 1 aliphatic heterocycles. The summed E-state index contributed by atoms with van der Waals surface area (Å²) in [5.41, 5.74) is 0.631. The number of benzene rings is 1. The van der Waals surface area contributed by atoms with Crippen LogP contribution < -0.4 is 5.32 Å². The molecular formula is C12H14BrClN2O. The molecule has 1 atom stereocenters. The average molecular weight is 318 g/mol. The van der Waals surface area contributed by atoms with Gasteiger partial charge in [-0.3, -0.25) is 4.79 Å². The third-order valence-corrected chi connectivity index (χ3v) is 3.74. The first kappa shape index (κ1) is 12.9. The quantitative estimate of drug-likeness (QED) is 0.863. The number of carbonyl (C=O) groups is 1. The highest BCUT2D eigenvalue weighted by atomic mass is 79.9. The Hall–Kier alpha value is -0.580. The van der Waals surface area contributed by atoms with E-state index in [0.717, 1.165) is 24.1 Å². The van der Waals surface area contributed by atoms with E-state index in [9.17, 15) is 4.79 Å². The predicted octanol–water partition coefficient (Wildman–Crippen LogP) is 2.54. The van der Waals surface area contributed by atoms with Gasteiger partial charge in [0.2, 0.25) is 0 Å². The molecule has 0 aromatic heterocycles. The third kappa shape index (κ3) is 3.00. The summed E-state index contributed by atoms with van der Waals surface area (Å²) in [5, 5.41) is 3.90. The Morgan fingerprint density at radius 3 is 3.06 bits per heavy atom. The molecule has 1 unspecified atom stereocenters. The Morgan fingerprint density at radius 1 is 1.59 bits per heavy atom. The molecule has 1 aliphatic rings. The van der Waals surface area contributed by atoms with Gasteiger partial charge in [0.15, 0.2) is 0 Å². The molecule has 17 heavy (non-hydrogen) atoms. The zero-order chi connectivity index (χ0) is 12.4. The molecule has 1 aromatic rings. The summed E-state index contributed by atoms with van der Waals surface area (Å²) in [7, 11) is 0. The van der Waals surface area contributed by atoms with Crippen LogP contribution in [0.4, 0.5) is 0 Å². The minimum Gasteiger partial charge on any atom is -0.336 e. The van der Waals surface area contributed by atoms with E-state index in [0.29, 0.717) is 16.6 Å².